The average molecular weight is 438 g/mol. The molecule has 2 aromatic heterocycles. The van der Waals surface area contributed by atoms with Crippen molar-refractivity contribution in [2.45, 2.75) is 32.6 Å². The number of ether oxygens (including phenoxy) is 2. The van der Waals surface area contributed by atoms with Gasteiger partial charge in [0.15, 0.2) is 5.76 Å². The number of hydrogen-bond acceptors (Lipinski definition) is 6. The van der Waals surface area contributed by atoms with Gasteiger partial charge in [-0.25, -0.2) is 9.78 Å². The number of carbonyl (C=O) groups is 1. The van der Waals surface area contributed by atoms with E-state index in [4.69, 9.17) is 14.6 Å². The van der Waals surface area contributed by atoms with Crippen LogP contribution in [0.2, 0.25) is 0 Å². The Morgan fingerprint density at radius 1 is 1.37 bits per heavy atom. The van der Waals surface area contributed by atoms with Gasteiger partial charge in [0, 0.05) is 31.8 Å². The Morgan fingerprint density at radius 2 is 2.11 bits per heavy atom. The maximum Gasteiger partial charge on any atom is 0.337 e. The molecule has 0 spiro atoms. The van der Waals surface area contributed by atoms with Crippen LogP contribution in [0.1, 0.15) is 19.4 Å². The van der Waals surface area contributed by atoms with E-state index in [0.29, 0.717) is 11.3 Å². The molecular formula is C17H16BrN3O6. The molecule has 0 saturated heterocycles. The quantitative estimate of drug-likeness (QED) is 0.751. The fourth-order valence-electron chi connectivity index (χ4n) is 2.61. The monoisotopic (exact) mass is 437 g/mol. The van der Waals surface area contributed by atoms with Crippen LogP contribution in [0.4, 0.5) is 0 Å². The van der Waals surface area contributed by atoms with Crippen molar-refractivity contribution >= 4 is 21.9 Å². The summed E-state index contributed by atoms with van der Waals surface area (Å²) in [7, 11) is 0. The van der Waals surface area contributed by atoms with Crippen LogP contribution in [0.25, 0.3) is 5.82 Å². The standard InChI is InChI=1S/C17H16BrN3O6/c1-17(2)26-9-11(27-17)7-21-15(24)12(18)8-20(16(21)25)14-10(6-13(22)23)4-3-5-19-14/h3-5,8-9H,6-7H2,1-2H3,(H,22,23). The van der Waals surface area contributed by atoms with Gasteiger partial charge in [-0.05, 0) is 22.0 Å². The summed E-state index contributed by atoms with van der Waals surface area (Å²) >= 11 is 3.15. The minimum absolute atomic E-state index is 0.118. The second-order valence-corrected chi connectivity index (χ2v) is 7.14. The van der Waals surface area contributed by atoms with E-state index in [1.54, 1.807) is 26.0 Å². The minimum atomic E-state index is -1.06. The first-order valence-electron chi connectivity index (χ1n) is 7.92. The number of halogens is 1. The smallest absolute Gasteiger partial charge is 0.337 e. The zero-order valence-electron chi connectivity index (χ0n) is 14.5. The van der Waals surface area contributed by atoms with Gasteiger partial charge >= 0.3 is 11.7 Å². The van der Waals surface area contributed by atoms with Gasteiger partial charge in [0.1, 0.15) is 12.1 Å². The molecule has 0 atom stereocenters. The van der Waals surface area contributed by atoms with E-state index < -0.39 is 23.0 Å². The molecule has 0 bridgehead atoms. The molecule has 10 heteroatoms. The lowest BCUT2D eigenvalue weighted by molar-refractivity contribution is -0.136. The Balaban J connectivity index is 2.10. The van der Waals surface area contributed by atoms with E-state index in [1.165, 1.54) is 18.7 Å². The van der Waals surface area contributed by atoms with Gasteiger partial charge in [-0.2, -0.15) is 0 Å². The largest absolute Gasteiger partial charge is 0.481 e. The molecule has 3 rings (SSSR count). The van der Waals surface area contributed by atoms with Crippen LogP contribution < -0.4 is 11.2 Å². The first-order valence-corrected chi connectivity index (χ1v) is 8.71. The third-order valence-corrected chi connectivity index (χ3v) is 4.28. The summed E-state index contributed by atoms with van der Waals surface area (Å²) < 4.78 is 13.1. The third-order valence-electron chi connectivity index (χ3n) is 3.73. The highest BCUT2D eigenvalue weighted by atomic mass is 79.9. The summed E-state index contributed by atoms with van der Waals surface area (Å²) in [6, 6.07) is 3.14. The molecule has 0 unspecified atom stereocenters. The van der Waals surface area contributed by atoms with E-state index in [0.717, 1.165) is 9.13 Å². The number of aliphatic carboxylic acids is 1. The van der Waals surface area contributed by atoms with Crippen LogP contribution >= 0.6 is 15.9 Å². The van der Waals surface area contributed by atoms with Gasteiger partial charge in [-0.15, -0.1) is 0 Å². The highest BCUT2D eigenvalue weighted by Gasteiger charge is 2.28. The predicted octanol–water partition coefficient (Wildman–Crippen LogP) is 1.41. The van der Waals surface area contributed by atoms with Crippen molar-refractivity contribution in [2.24, 2.45) is 0 Å². The number of nitrogens with zero attached hydrogens (tertiary/aromatic N) is 3. The molecule has 0 aliphatic carbocycles. The number of carboxylic acid groups (broad SMARTS) is 1. The lowest BCUT2D eigenvalue weighted by Gasteiger charge is -2.18. The fourth-order valence-corrected chi connectivity index (χ4v) is 3.02. The molecule has 27 heavy (non-hydrogen) atoms. The average Bonchev–Trinajstić information content (AvgIpc) is 2.94. The van der Waals surface area contributed by atoms with Crippen molar-refractivity contribution in [3.63, 3.8) is 0 Å². The Hall–Kier alpha value is -2.88. The summed E-state index contributed by atoms with van der Waals surface area (Å²) in [4.78, 5) is 40.6. The van der Waals surface area contributed by atoms with Crippen LogP contribution in [0.15, 0.2) is 50.6 Å². The van der Waals surface area contributed by atoms with Crippen molar-refractivity contribution in [1.29, 1.82) is 0 Å². The maximum absolute atomic E-state index is 12.9. The Morgan fingerprint density at radius 3 is 2.74 bits per heavy atom. The Bertz CT molecular complexity index is 1050. The molecule has 0 aromatic carbocycles. The van der Waals surface area contributed by atoms with Crippen molar-refractivity contribution < 1.29 is 19.4 Å². The summed E-state index contributed by atoms with van der Waals surface area (Å²) in [6.45, 7) is 3.26. The van der Waals surface area contributed by atoms with Crippen LogP contribution in [-0.2, 0) is 27.2 Å². The molecule has 1 aliphatic rings. The van der Waals surface area contributed by atoms with E-state index in [9.17, 15) is 14.4 Å². The Labute approximate surface area is 161 Å². The summed E-state index contributed by atoms with van der Waals surface area (Å²) in [6.07, 6.45) is 3.75. The van der Waals surface area contributed by atoms with E-state index >= 15 is 0 Å². The molecule has 1 N–H and O–H groups in total. The molecule has 0 saturated carbocycles. The van der Waals surface area contributed by atoms with Crippen LogP contribution in [0.5, 0.6) is 0 Å². The topological polar surface area (TPSA) is 113 Å². The van der Waals surface area contributed by atoms with E-state index in [1.807, 2.05) is 0 Å². The number of carboxylic acids is 1. The number of hydrogen-bond donors (Lipinski definition) is 1. The maximum atomic E-state index is 12.9. The first-order chi connectivity index (χ1) is 12.7. The molecule has 142 valence electrons. The van der Waals surface area contributed by atoms with E-state index in [2.05, 4.69) is 20.9 Å². The SMILES string of the molecule is CC1(C)OC=C(Cn2c(=O)c(Br)cn(-c3ncccc3CC(=O)O)c2=O)O1. The lowest BCUT2D eigenvalue weighted by Crippen LogP contribution is -2.40. The van der Waals surface area contributed by atoms with Crippen molar-refractivity contribution in [3.8, 4) is 5.82 Å². The lowest BCUT2D eigenvalue weighted by atomic mass is 10.2. The first kappa shape index (κ1) is 18.9. The summed E-state index contributed by atoms with van der Waals surface area (Å²) in [5, 5.41) is 9.08. The number of rotatable bonds is 5. The van der Waals surface area contributed by atoms with Gasteiger partial charge in [0.2, 0.25) is 5.79 Å². The molecule has 0 fully saturated rings. The fraction of sp³-hybridized carbons (Fsp3) is 0.294. The van der Waals surface area contributed by atoms with Gasteiger partial charge < -0.3 is 14.6 Å². The zero-order chi connectivity index (χ0) is 19.8. The van der Waals surface area contributed by atoms with Gasteiger partial charge in [0.25, 0.3) is 5.56 Å². The second kappa shape index (κ2) is 7.03. The second-order valence-electron chi connectivity index (χ2n) is 6.28. The number of pyridine rings is 1. The van der Waals surface area contributed by atoms with Crippen LogP contribution in [-0.4, -0.2) is 31.0 Å². The summed E-state index contributed by atoms with van der Waals surface area (Å²) in [5.41, 5.74) is -0.895. The molecule has 0 radical (unpaired) electrons. The minimum Gasteiger partial charge on any atom is -0.481 e. The number of aromatic nitrogens is 3. The normalized spacial score (nSPS) is 15.0. The highest BCUT2D eigenvalue weighted by molar-refractivity contribution is 9.10. The number of allylic oxidation sites excluding steroid dienone is 1. The molecule has 9 nitrogen and oxygen atoms in total. The van der Waals surface area contributed by atoms with Gasteiger partial charge in [-0.1, -0.05) is 6.07 Å². The van der Waals surface area contributed by atoms with Crippen molar-refractivity contribution in [1.82, 2.24) is 14.1 Å². The van der Waals surface area contributed by atoms with Gasteiger partial charge in [0.05, 0.1) is 17.4 Å². The molecule has 0 amide bonds. The Kier molecular flexibility index (Phi) is 4.92. The van der Waals surface area contributed by atoms with Gasteiger partial charge in [-0.3, -0.25) is 18.7 Å². The molecular weight excluding hydrogens is 422 g/mol. The van der Waals surface area contributed by atoms with Crippen molar-refractivity contribution in [3.05, 3.63) is 67.4 Å². The molecule has 1 aliphatic heterocycles. The zero-order valence-corrected chi connectivity index (χ0v) is 16.1. The van der Waals surface area contributed by atoms with Crippen LogP contribution in [0, 0.1) is 0 Å². The molecule has 2 aromatic rings. The van der Waals surface area contributed by atoms with E-state index in [-0.39, 0.29) is 23.3 Å². The summed E-state index contributed by atoms with van der Waals surface area (Å²) in [5.74, 6) is -1.49. The molecule has 3 heterocycles. The third kappa shape index (κ3) is 3.95. The predicted molar refractivity (Wildman–Crippen MR) is 97.5 cm³/mol. The highest BCUT2D eigenvalue weighted by Crippen LogP contribution is 2.24. The van der Waals surface area contributed by atoms with Crippen molar-refractivity contribution in [2.75, 3.05) is 0 Å². The van der Waals surface area contributed by atoms with Crippen LogP contribution in [0.3, 0.4) is 0 Å².